The number of anilines is 1. The van der Waals surface area contributed by atoms with Gasteiger partial charge in [-0.2, -0.15) is 0 Å². The van der Waals surface area contributed by atoms with Crippen molar-refractivity contribution in [3.8, 4) is 0 Å². The lowest BCUT2D eigenvalue weighted by Gasteiger charge is -2.53. The maximum Gasteiger partial charge on any atom is 0.404 e. The van der Waals surface area contributed by atoms with E-state index in [4.69, 9.17) is 21.0 Å². The maximum atomic E-state index is 12.8. The highest BCUT2D eigenvalue weighted by molar-refractivity contribution is 8.00. The summed E-state index contributed by atoms with van der Waals surface area (Å²) >= 11 is 2.28. The van der Waals surface area contributed by atoms with Crippen LogP contribution in [0.4, 0.5) is 9.93 Å². The molecule has 0 radical (unpaired) electrons. The van der Waals surface area contributed by atoms with Gasteiger partial charge in [-0.1, -0.05) is 5.16 Å². The molecule has 2 aliphatic rings. The number of hydrogen-bond acceptors (Lipinski definition) is 11. The van der Waals surface area contributed by atoms with E-state index in [2.05, 4.69) is 15.5 Å². The van der Waals surface area contributed by atoms with Crippen LogP contribution in [-0.2, 0) is 24.0 Å². The minimum absolute atomic E-state index is 0.0545. The zero-order valence-corrected chi connectivity index (χ0v) is 17.9. The molecule has 0 aromatic carbocycles. The summed E-state index contributed by atoms with van der Waals surface area (Å²) in [7, 11) is 0. The molecule has 2 fully saturated rings. The number of primary amides is 1. The van der Waals surface area contributed by atoms with E-state index < -0.39 is 47.3 Å². The number of hydrogen-bond donors (Lipinski definition) is 4. The summed E-state index contributed by atoms with van der Waals surface area (Å²) in [6.45, 7) is 1.27. The molecule has 1 aromatic rings. The Morgan fingerprint density at radius 2 is 2.23 bits per heavy atom. The number of amides is 3. The first kappa shape index (κ1) is 22.6. The number of nitrogen functional groups attached to an aromatic ring is 1. The first-order chi connectivity index (χ1) is 14.7. The van der Waals surface area contributed by atoms with Crippen LogP contribution in [0.3, 0.4) is 0 Å². The van der Waals surface area contributed by atoms with Gasteiger partial charge in [0.25, 0.3) is 5.91 Å². The molecule has 3 amide bonds. The third-order valence-electron chi connectivity index (χ3n) is 4.64. The van der Waals surface area contributed by atoms with Crippen molar-refractivity contribution < 1.29 is 33.9 Å². The van der Waals surface area contributed by atoms with E-state index in [0.717, 1.165) is 23.1 Å². The number of carbonyl (C=O) groups excluding carboxylic acids is 3. The quantitative estimate of drug-likeness (QED) is 0.207. The van der Waals surface area contributed by atoms with Gasteiger partial charge in [-0.15, -0.1) is 23.1 Å². The van der Waals surface area contributed by atoms with Crippen LogP contribution in [0.15, 0.2) is 10.5 Å². The molecule has 0 bridgehead atoms. The Morgan fingerprint density at radius 1 is 1.48 bits per heavy atom. The highest BCUT2D eigenvalue weighted by Crippen LogP contribution is 2.42. The molecule has 3 atom stereocenters. The van der Waals surface area contributed by atoms with E-state index in [9.17, 15) is 24.3 Å². The van der Waals surface area contributed by atoms with Gasteiger partial charge in [0.05, 0.1) is 0 Å². The number of nitrogens with two attached hydrogens (primary N) is 2. The maximum absolute atomic E-state index is 12.8. The molecule has 0 aliphatic carbocycles. The van der Waals surface area contributed by atoms with Crippen molar-refractivity contribution in [1.29, 1.82) is 0 Å². The number of carbonyl (C=O) groups is 4. The number of nitrogens with one attached hydrogen (secondary N) is 1. The van der Waals surface area contributed by atoms with E-state index in [1.807, 2.05) is 0 Å². The summed E-state index contributed by atoms with van der Waals surface area (Å²) in [4.78, 5) is 58.4. The van der Waals surface area contributed by atoms with Gasteiger partial charge in [0, 0.05) is 17.7 Å². The third kappa shape index (κ3) is 4.51. The molecule has 2 saturated heterocycles. The van der Waals surface area contributed by atoms with Crippen molar-refractivity contribution in [2.45, 2.75) is 18.3 Å². The van der Waals surface area contributed by atoms with Crippen LogP contribution in [0.25, 0.3) is 0 Å². The van der Waals surface area contributed by atoms with Gasteiger partial charge in [0.2, 0.25) is 5.91 Å². The Balaban J connectivity index is 1.70. The van der Waals surface area contributed by atoms with Crippen LogP contribution in [0.1, 0.15) is 12.6 Å². The van der Waals surface area contributed by atoms with Crippen LogP contribution in [0.2, 0.25) is 0 Å². The number of carboxylic acid groups (broad SMARTS) is 1. The zero-order chi connectivity index (χ0) is 22.8. The van der Waals surface area contributed by atoms with Gasteiger partial charge in [-0.25, -0.2) is 9.78 Å². The molecular formula is C16H20N6O7S2. The van der Waals surface area contributed by atoms with E-state index in [1.54, 1.807) is 6.92 Å². The summed E-state index contributed by atoms with van der Waals surface area (Å²) in [5.41, 5.74) is 9.15. The van der Waals surface area contributed by atoms with Gasteiger partial charge < -0.3 is 36.4 Å². The van der Waals surface area contributed by atoms with Crippen LogP contribution in [-0.4, -0.2) is 81.5 Å². The fourth-order valence-corrected chi connectivity index (χ4v) is 5.13. The highest BCUT2D eigenvalue weighted by Gasteiger charge is 2.58. The third-order valence-corrected chi connectivity index (χ3v) is 6.90. The number of β-lactam (4-membered cyclic amide) rings is 1. The van der Waals surface area contributed by atoms with Crippen LogP contribution in [0.5, 0.6) is 0 Å². The van der Waals surface area contributed by atoms with Crippen molar-refractivity contribution in [2.24, 2.45) is 16.3 Å². The Labute approximate surface area is 184 Å². The minimum Gasteiger partial charge on any atom is -0.481 e. The number of fused-ring (bicyclic) bond motifs is 1. The van der Waals surface area contributed by atoms with E-state index in [0.29, 0.717) is 0 Å². The minimum atomic E-state index is -1.49. The largest absolute Gasteiger partial charge is 0.481 e. The predicted molar refractivity (Wildman–Crippen MR) is 110 cm³/mol. The number of oxime groups is 1. The lowest BCUT2D eigenvalue weighted by Crippen LogP contribution is -2.74. The first-order valence-corrected chi connectivity index (χ1v) is 10.9. The molecule has 15 heteroatoms. The highest BCUT2D eigenvalue weighted by atomic mass is 32.2. The molecule has 1 aromatic heterocycles. The number of aromatic nitrogens is 1. The Hall–Kier alpha value is -3.07. The standard InChI is InChI=1S/C16H20N6O7S2/c1-2-29-21-8(7-3-30-14(17)19-7)10(23)20-9-11(24)22-4-16(13(25)26,5-28-15(18)27)6-31-12(9)22/h3,9,12H,2,4-6H2,1H3,(H2,17,19)(H2,18,27)(H,20,23)(H,25,26)/t9?,12-,16?/m1/s1. The van der Waals surface area contributed by atoms with Crippen LogP contribution in [0, 0.1) is 5.41 Å². The fourth-order valence-electron chi connectivity index (χ4n) is 3.05. The number of aliphatic carboxylic acids is 1. The summed E-state index contributed by atoms with van der Waals surface area (Å²) in [5.74, 6) is -2.31. The number of rotatable bonds is 8. The summed E-state index contributed by atoms with van der Waals surface area (Å²) in [6.07, 6.45) is -1.10. The summed E-state index contributed by atoms with van der Waals surface area (Å²) < 4.78 is 4.69. The molecule has 3 rings (SSSR count). The zero-order valence-electron chi connectivity index (χ0n) is 16.3. The summed E-state index contributed by atoms with van der Waals surface area (Å²) in [5, 5.41) is 17.3. The molecule has 13 nitrogen and oxygen atoms in total. The molecule has 0 spiro atoms. The molecule has 0 saturated carbocycles. The second kappa shape index (κ2) is 8.97. The molecule has 6 N–H and O–H groups in total. The molecule has 2 aliphatic heterocycles. The van der Waals surface area contributed by atoms with E-state index in [-0.39, 0.29) is 35.4 Å². The van der Waals surface area contributed by atoms with Crippen LogP contribution >= 0.6 is 23.1 Å². The number of carboxylic acids is 1. The monoisotopic (exact) mass is 472 g/mol. The van der Waals surface area contributed by atoms with Crippen molar-refractivity contribution in [3.63, 3.8) is 0 Å². The smallest absolute Gasteiger partial charge is 0.404 e. The van der Waals surface area contributed by atoms with Gasteiger partial charge in [-0.3, -0.25) is 14.4 Å². The predicted octanol–water partition coefficient (Wildman–Crippen LogP) is -0.968. The SMILES string of the molecule is CCON=C(C(=O)NC1C(=O)N2CC(COC(N)=O)(C(=O)O)CS[C@H]12)c1csc(N)n1. The lowest BCUT2D eigenvalue weighted by atomic mass is 9.88. The van der Waals surface area contributed by atoms with E-state index in [1.165, 1.54) is 10.3 Å². The number of ether oxygens (including phenoxy) is 1. The molecular weight excluding hydrogens is 452 g/mol. The second-order valence-electron chi connectivity index (χ2n) is 6.74. The van der Waals surface area contributed by atoms with Crippen molar-refractivity contribution in [2.75, 3.05) is 31.2 Å². The molecule has 168 valence electrons. The normalized spacial score (nSPS) is 25.3. The average Bonchev–Trinajstić information content (AvgIpc) is 3.16. The Bertz CT molecular complexity index is 937. The van der Waals surface area contributed by atoms with Crippen molar-refractivity contribution in [1.82, 2.24) is 15.2 Å². The Kier molecular flexibility index (Phi) is 6.54. The van der Waals surface area contributed by atoms with Gasteiger partial charge in [0.15, 0.2) is 10.8 Å². The van der Waals surface area contributed by atoms with Crippen molar-refractivity contribution in [3.05, 3.63) is 11.1 Å². The first-order valence-electron chi connectivity index (χ1n) is 8.98. The summed E-state index contributed by atoms with van der Waals surface area (Å²) in [6, 6.07) is -0.885. The lowest BCUT2D eigenvalue weighted by molar-refractivity contribution is -0.160. The van der Waals surface area contributed by atoms with E-state index >= 15 is 0 Å². The average molecular weight is 473 g/mol. The fraction of sp³-hybridized carbons (Fsp3) is 0.500. The van der Waals surface area contributed by atoms with Crippen molar-refractivity contribution >= 4 is 57.8 Å². The number of thiazole rings is 1. The van der Waals surface area contributed by atoms with Gasteiger partial charge in [-0.05, 0) is 6.92 Å². The molecule has 2 unspecified atom stereocenters. The van der Waals surface area contributed by atoms with Gasteiger partial charge in [0.1, 0.15) is 35.7 Å². The molecule has 3 heterocycles. The number of thioether (sulfide) groups is 1. The van der Waals surface area contributed by atoms with Gasteiger partial charge >= 0.3 is 12.1 Å². The molecule has 31 heavy (non-hydrogen) atoms. The topological polar surface area (TPSA) is 200 Å². The second-order valence-corrected chi connectivity index (χ2v) is 8.74. The Morgan fingerprint density at radius 3 is 2.81 bits per heavy atom. The number of nitrogens with zero attached hydrogens (tertiary/aromatic N) is 3. The van der Waals surface area contributed by atoms with Crippen LogP contribution < -0.4 is 16.8 Å².